The van der Waals surface area contributed by atoms with Crippen molar-refractivity contribution in [2.45, 2.75) is 100.0 Å². The number of carbonyl (C=O) groups is 2. The summed E-state index contributed by atoms with van der Waals surface area (Å²) in [5.41, 5.74) is 1.90. The van der Waals surface area contributed by atoms with Crippen LogP contribution >= 0.6 is 0 Å². The van der Waals surface area contributed by atoms with E-state index in [1.807, 2.05) is 20.8 Å². The second-order valence-corrected chi connectivity index (χ2v) is 16.0. The first-order valence-electron chi connectivity index (χ1n) is 17.7. The molecule has 0 aliphatic heterocycles. The molecular weight excluding hydrogens is 602 g/mol. The van der Waals surface area contributed by atoms with E-state index in [0.717, 1.165) is 57.2 Å². The molecule has 1 saturated carbocycles. The Labute approximate surface area is 282 Å². The molecule has 4 atom stereocenters. The molecule has 12 nitrogen and oxygen atoms in total. The van der Waals surface area contributed by atoms with Crippen LogP contribution in [0.25, 0.3) is 0 Å². The van der Waals surface area contributed by atoms with Gasteiger partial charge in [0.15, 0.2) is 0 Å². The Morgan fingerprint density at radius 2 is 1.53 bits per heavy atom. The Morgan fingerprint density at radius 3 is 2.17 bits per heavy atom. The number of hydrogen-bond donors (Lipinski definition) is 3. The number of fused-ring (bicyclic) bond motifs is 2. The number of aliphatic hydroxyl groups excluding tert-OH is 1. The average Bonchev–Trinajstić information content (AvgIpc) is 3.50. The highest BCUT2D eigenvalue weighted by Gasteiger charge is 2.50. The molecule has 0 radical (unpaired) electrons. The molecule has 47 heavy (non-hydrogen) atoms. The van der Waals surface area contributed by atoms with Gasteiger partial charge in [-0.15, -0.1) is 5.10 Å². The molecule has 270 valence electrons. The van der Waals surface area contributed by atoms with Gasteiger partial charge in [-0.25, -0.2) is 9.48 Å². The lowest BCUT2D eigenvalue weighted by Gasteiger charge is -2.33. The summed E-state index contributed by atoms with van der Waals surface area (Å²) in [4.78, 5) is 24.0. The van der Waals surface area contributed by atoms with Gasteiger partial charge in [0.2, 0.25) is 5.91 Å². The molecule has 1 aromatic heterocycles. The van der Waals surface area contributed by atoms with E-state index >= 15 is 0 Å². The summed E-state index contributed by atoms with van der Waals surface area (Å²) in [6.07, 6.45) is 6.42. The van der Waals surface area contributed by atoms with Crippen molar-refractivity contribution in [3.63, 3.8) is 0 Å². The number of aryl methyl sites for hydroxylation is 2. The molecule has 1 fully saturated rings. The predicted octanol–water partition coefficient (Wildman–Crippen LogP) is 4.17. The third kappa shape index (κ3) is 14.0. The lowest BCUT2D eigenvalue weighted by atomic mass is 9.76. The minimum Gasteiger partial charge on any atom is -0.449 e. The number of ether oxygens (including phenoxy) is 4. The number of aliphatic hydroxyl groups is 1. The van der Waals surface area contributed by atoms with E-state index in [0.29, 0.717) is 77.1 Å². The van der Waals surface area contributed by atoms with E-state index in [4.69, 9.17) is 18.9 Å². The highest BCUT2D eigenvalue weighted by atomic mass is 16.6. The van der Waals surface area contributed by atoms with E-state index in [1.54, 1.807) is 0 Å². The van der Waals surface area contributed by atoms with Crippen molar-refractivity contribution in [3.8, 4) is 0 Å². The quantitative estimate of drug-likeness (QED) is 0.175. The van der Waals surface area contributed by atoms with Gasteiger partial charge in [0, 0.05) is 37.1 Å². The van der Waals surface area contributed by atoms with Crippen LogP contribution in [-0.2, 0) is 43.1 Å². The van der Waals surface area contributed by atoms with Crippen molar-refractivity contribution >= 4 is 12.0 Å². The molecule has 1 heterocycles. The van der Waals surface area contributed by atoms with Gasteiger partial charge in [0.25, 0.3) is 0 Å². The SMILES string of the molecule is CC(C)(C)CC(C)(CO)COCCCCn1nnc2c1CCC1C(CC2)C1COC(=O)NCCOCCOCCNC(=O)C(C)(C)C. The van der Waals surface area contributed by atoms with Crippen LogP contribution in [0, 0.1) is 34.0 Å². The fourth-order valence-electron chi connectivity index (χ4n) is 6.74. The molecule has 3 N–H and O–H groups in total. The van der Waals surface area contributed by atoms with Gasteiger partial charge in [-0.05, 0) is 68.1 Å². The van der Waals surface area contributed by atoms with Gasteiger partial charge >= 0.3 is 6.09 Å². The smallest absolute Gasteiger partial charge is 0.407 e. The van der Waals surface area contributed by atoms with E-state index in [2.05, 4.69) is 53.3 Å². The number of hydrogen-bond acceptors (Lipinski definition) is 9. The molecule has 0 saturated heterocycles. The van der Waals surface area contributed by atoms with Gasteiger partial charge < -0.3 is 34.7 Å². The van der Waals surface area contributed by atoms with Gasteiger partial charge in [-0.3, -0.25) is 4.79 Å². The van der Waals surface area contributed by atoms with Gasteiger partial charge in [-0.1, -0.05) is 53.7 Å². The molecule has 2 aliphatic rings. The van der Waals surface area contributed by atoms with Crippen molar-refractivity contribution in [2.75, 3.05) is 65.9 Å². The van der Waals surface area contributed by atoms with Crippen LogP contribution in [0.4, 0.5) is 4.79 Å². The van der Waals surface area contributed by atoms with E-state index in [-0.39, 0.29) is 23.3 Å². The number of alkyl carbamates (subject to hydrolysis) is 1. The molecule has 4 unspecified atom stereocenters. The van der Waals surface area contributed by atoms with Gasteiger partial charge in [-0.2, -0.15) is 0 Å². The molecule has 1 aromatic rings. The molecule has 2 amide bonds. The Morgan fingerprint density at radius 1 is 0.872 bits per heavy atom. The zero-order valence-corrected chi connectivity index (χ0v) is 30.2. The van der Waals surface area contributed by atoms with Crippen LogP contribution in [0.1, 0.15) is 92.0 Å². The molecule has 3 rings (SSSR count). The minimum absolute atomic E-state index is 0.000845. The van der Waals surface area contributed by atoms with Crippen molar-refractivity contribution < 1.29 is 33.6 Å². The average molecular weight is 666 g/mol. The van der Waals surface area contributed by atoms with Crippen LogP contribution in [0.3, 0.4) is 0 Å². The van der Waals surface area contributed by atoms with E-state index in [9.17, 15) is 14.7 Å². The first-order chi connectivity index (χ1) is 22.2. The van der Waals surface area contributed by atoms with Crippen LogP contribution in [-0.4, -0.2) is 98.0 Å². The van der Waals surface area contributed by atoms with Gasteiger partial charge in [0.1, 0.15) is 0 Å². The Hall–Kier alpha value is -2.28. The maximum absolute atomic E-state index is 12.2. The Bertz CT molecular complexity index is 1100. The number of nitrogens with zero attached hydrogens (tertiary/aromatic N) is 3. The van der Waals surface area contributed by atoms with E-state index < -0.39 is 11.5 Å². The lowest BCUT2D eigenvalue weighted by Crippen LogP contribution is -2.36. The molecule has 0 bridgehead atoms. The third-order valence-electron chi connectivity index (χ3n) is 9.06. The largest absolute Gasteiger partial charge is 0.449 e. The first-order valence-corrected chi connectivity index (χ1v) is 17.7. The number of amides is 2. The number of carbonyl (C=O) groups excluding carboxylic acids is 2. The molecule has 0 spiro atoms. The molecule has 2 aliphatic carbocycles. The summed E-state index contributed by atoms with van der Waals surface area (Å²) >= 11 is 0. The Balaban J connectivity index is 1.22. The number of unbranched alkanes of at least 4 members (excludes halogenated alkanes) is 1. The minimum atomic E-state index is -0.407. The summed E-state index contributed by atoms with van der Waals surface area (Å²) in [6.45, 7) is 19.5. The van der Waals surface area contributed by atoms with Crippen molar-refractivity contribution in [1.82, 2.24) is 25.6 Å². The van der Waals surface area contributed by atoms with E-state index in [1.165, 1.54) is 5.69 Å². The highest BCUT2D eigenvalue weighted by Crippen LogP contribution is 2.52. The first kappa shape index (κ1) is 39.2. The van der Waals surface area contributed by atoms with Crippen LogP contribution in [0.15, 0.2) is 0 Å². The second-order valence-electron chi connectivity index (χ2n) is 16.0. The number of rotatable bonds is 20. The maximum atomic E-state index is 12.2. The summed E-state index contributed by atoms with van der Waals surface area (Å²) in [6, 6.07) is 0. The lowest BCUT2D eigenvalue weighted by molar-refractivity contribution is -0.128. The molecular formula is C35H63N5O7. The summed E-state index contributed by atoms with van der Waals surface area (Å²) in [5.74, 6) is 1.56. The fourth-order valence-corrected chi connectivity index (χ4v) is 6.74. The topological polar surface area (TPSA) is 146 Å². The number of aromatic nitrogens is 3. The van der Waals surface area contributed by atoms with Crippen LogP contribution in [0.5, 0.6) is 0 Å². The highest BCUT2D eigenvalue weighted by molar-refractivity contribution is 5.81. The van der Waals surface area contributed by atoms with Gasteiger partial charge in [0.05, 0.1) is 57.6 Å². The zero-order chi connectivity index (χ0) is 34.5. The summed E-state index contributed by atoms with van der Waals surface area (Å²) in [7, 11) is 0. The number of nitrogens with one attached hydrogen (secondary N) is 2. The third-order valence-corrected chi connectivity index (χ3v) is 9.06. The van der Waals surface area contributed by atoms with Crippen LogP contribution < -0.4 is 10.6 Å². The van der Waals surface area contributed by atoms with Crippen LogP contribution in [0.2, 0.25) is 0 Å². The predicted molar refractivity (Wildman–Crippen MR) is 180 cm³/mol. The molecule has 0 aromatic carbocycles. The maximum Gasteiger partial charge on any atom is 0.407 e. The Kier molecular flexibility index (Phi) is 15.4. The summed E-state index contributed by atoms with van der Waals surface area (Å²) in [5, 5.41) is 24.5. The second kappa shape index (κ2) is 18.5. The molecule has 12 heteroatoms. The normalized spacial score (nSPS) is 20.7. The standard InChI is InChI=1S/C35H63N5O7/c1-33(2,3)23-35(7,24-41)25-46-17-9-8-16-40-30-13-11-27-26(10-12-29(30)38-39-40)28(27)22-47-32(43)37-15-19-45-21-20-44-18-14-36-31(42)34(4,5)6/h26-28,41H,8-25H2,1-7H3,(H,36,42)(H,37,43). The zero-order valence-electron chi connectivity index (χ0n) is 30.2. The monoisotopic (exact) mass is 665 g/mol. The van der Waals surface area contributed by atoms with Crippen molar-refractivity contribution in [2.24, 2.45) is 34.0 Å². The summed E-state index contributed by atoms with van der Waals surface area (Å²) < 4.78 is 24.6. The van der Waals surface area contributed by atoms with Crippen molar-refractivity contribution in [3.05, 3.63) is 11.4 Å². The fraction of sp³-hybridized carbons (Fsp3) is 0.886. The van der Waals surface area contributed by atoms with Crippen molar-refractivity contribution in [1.29, 1.82) is 0 Å².